The third kappa shape index (κ3) is 3.88. The van der Waals surface area contributed by atoms with Crippen LogP contribution in [0, 0.1) is 20.8 Å². The Morgan fingerprint density at radius 2 is 1.77 bits per heavy atom. The molecule has 3 nitrogen and oxygen atoms in total. The Kier molecular flexibility index (Phi) is 5.21. The van der Waals surface area contributed by atoms with E-state index >= 15 is 0 Å². The summed E-state index contributed by atoms with van der Waals surface area (Å²) in [6.45, 7) is 9.14. The molecule has 1 amide bonds. The van der Waals surface area contributed by atoms with Gasteiger partial charge in [-0.05, 0) is 68.1 Å². The van der Waals surface area contributed by atoms with E-state index in [1.807, 2.05) is 51.1 Å². The van der Waals surface area contributed by atoms with Gasteiger partial charge in [0.2, 0.25) is 0 Å². The van der Waals surface area contributed by atoms with E-state index in [-0.39, 0.29) is 5.91 Å². The van der Waals surface area contributed by atoms with E-state index in [0.717, 1.165) is 28.0 Å². The Labute approximate surface area is 132 Å². The average molecular weight is 297 g/mol. The lowest BCUT2D eigenvalue weighted by Gasteiger charge is -2.11. The van der Waals surface area contributed by atoms with Crippen LogP contribution in [0.15, 0.2) is 36.4 Å². The van der Waals surface area contributed by atoms with Crippen LogP contribution in [0.4, 0.5) is 0 Å². The van der Waals surface area contributed by atoms with Gasteiger partial charge in [0.25, 0.3) is 5.91 Å². The van der Waals surface area contributed by atoms with E-state index < -0.39 is 0 Å². The number of amides is 1. The van der Waals surface area contributed by atoms with Crippen LogP contribution in [-0.2, 0) is 6.54 Å². The summed E-state index contributed by atoms with van der Waals surface area (Å²) < 4.78 is 5.47. The number of hydrogen-bond acceptors (Lipinski definition) is 2. The summed E-state index contributed by atoms with van der Waals surface area (Å²) in [7, 11) is 0. The van der Waals surface area contributed by atoms with Crippen molar-refractivity contribution >= 4 is 5.91 Å². The number of ether oxygens (including phenoxy) is 1. The lowest BCUT2D eigenvalue weighted by atomic mass is 10.0. The van der Waals surface area contributed by atoms with Gasteiger partial charge in [0, 0.05) is 12.1 Å². The van der Waals surface area contributed by atoms with Gasteiger partial charge in [0.1, 0.15) is 5.75 Å². The molecule has 0 spiro atoms. The number of benzene rings is 2. The van der Waals surface area contributed by atoms with Crippen molar-refractivity contribution in [1.29, 1.82) is 0 Å². The molecule has 2 rings (SSSR count). The first-order valence-electron chi connectivity index (χ1n) is 7.59. The first-order valence-corrected chi connectivity index (χ1v) is 7.59. The molecule has 0 fully saturated rings. The number of aryl methyl sites for hydroxylation is 3. The van der Waals surface area contributed by atoms with Gasteiger partial charge >= 0.3 is 0 Å². The van der Waals surface area contributed by atoms with E-state index in [4.69, 9.17) is 4.74 Å². The number of nitrogens with one attached hydrogen (secondary N) is 1. The summed E-state index contributed by atoms with van der Waals surface area (Å²) in [5.41, 5.74) is 5.11. The smallest absolute Gasteiger partial charge is 0.251 e. The second kappa shape index (κ2) is 7.12. The van der Waals surface area contributed by atoms with Crippen LogP contribution >= 0.6 is 0 Å². The van der Waals surface area contributed by atoms with E-state index in [9.17, 15) is 4.79 Å². The summed E-state index contributed by atoms with van der Waals surface area (Å²) in [5, 5.41) is 2.98. The molecule has 2 aromatic rings. The highest BCUT2D eigenvalue weighted by molar-refractivity contribution is 5.95. The zero-order chi connectivity index (χ0) is 16.1. The van der Waals surface area contributed by atoms with Crippen molar-refractivity contribution in [3.63, 3.8) is 0 Å². The zero-order valence-electron chi connectivity index (χ0n) is 13.7. The van der Waals surface area contributed by atoms with Crippen molar-refractivity contribution in [1.82, 2.24) is 5.32 Å². The van der Waals surface area contributed by atoms with Gasteiger partial charge in [-0.3, -0.25) is 4.79 Å². The lowest BCUT2D eigenvalue weighted by Crippen LogP contribution is -2.23. The molecule has 116 valence electrons. The highest BCUT2D eigenvalue weighted by Gasteiger charge is 2.10. The molecule has 22 heavy (non-hydrogen) atoms. The molecule has 2 aromatic carbocycles. The Balaban J connectivity index is 2.07. The fourth-order valence-corrected chi connectivity index (χ4v) is 2.39. The van der Waals surface area contributed by atoms with Crippen LogP contribution in [0.3, 0.4) is 0 Å². The van der Waals surface area contributed by atoms with Crippen molar-refractivity contribution in [3.8, 4) is 5.75 Å². The maximum atomic E-state index is 12.4. The molecule has 0 unspecified atom stereocenters. The fourth-order valence-electron chi connectivity index (χ4n) is 2.39. The standard InChI is InChI=1S/C19H23NO2/c1-5-22-17-8-6-7-16(11-17)12-20-19(21)18-10-14(3)13(2)9-15(18)4/h6-11H,5,12H2,1-4H3,(H,20,21). The minimum Gasteiger partial charge on any atom is -0.494 e. The minimum atomic E-state index is -0.0394. The second-order valence-corrected chi connectivity index (χ2v) is 5.51. The highest BCUT2D eigenvalue weighted by Crippen LogP contribution is 2.16. The SMILES string of the molecule is CCOc1cccc(CNC(=O)c2cc(C)c(C)cc2C)c1. The van der Waals surface area contributed by atoms with Crippen LogP contribution in [0.25, 0.3) is 0 Å². The van der Waals surface area contributed by atoms with Crippen molar-refractivity contribution in [2.45, 2.75) is 34.2 Å². The maximum absolute atomic E-state index is 12.4. The molecule has 0 aliphatic rings. The van der Waals surface area contributed by atoms with Crippen molar-refractivity contribution in [2.75, 3.05) is 6.61 Å². The molecular weight excluding hydrogens is 274 g/mol. The van der Waals surface area contributed by atoms with Gasteiger partial charge < -0.3 is 10.1 Å². The molecule has 0 bridgehead atoms. The molecule has 0 saturated carbocycles. The lowest BCUT2D eigenvalue weighted by molar-refractivity contribution is 0.0950. The van der Waals surface area contributed by atoms with Crippen molar-refractivity contribution in [3.05, 3.63) is 64.2 Å². The fraction of sp³-hybridized carbons (Fsp3) is 0.316. The number of rotatable bonds is 5. The Morgan fingerprint density at radius 3 is 2.50 bits per heavy atom. The molecule has 0 heterocycles. The van der Waals surface area contributed by atoms with Gasteiger partial charge in [-0.25, -0.2) is 0 Å². The normalized spacial score (nSPS) is 10.4. The van der Waals surface area contributed by atoms with E-state index in [1.54, 1.807) is 0 Å². The molecule has 3 heteroatoms. The van der Waals surface area contributed by atoms with Gasteiger partial charge in [-0.15, -0.1) is 0 Å². The van der Waals surface area contributed by atoms with E-state index in [0.29, 0.717) is 13.2 Å². The molecule has 0 aliphatic carbocycles. The predicted octanol–water partition coefficient (Wildman–Crippen LogP) is 3.94. The molecule has 0 saturated heterocycles. The Morgan fingerprint density at radius 1 is 1.05 bits per heavy atom. The van der Waals surface area contributed by atoms with Crippen LogP contribution in [0.5, 0.6) is 5.75 Å². The van der Waals surface area contributed by atoms with Gasteiger partial charge in [-0.2, -0.15) is 0 Å². The topological polar surface area (TPSA) is 38.3 Å². The summed E-state index contributed by atoms with van der Waals surface area (Å²) in [6.07, 6.45) is 0. The average Bonchev–Trinajstić information content (AvgIpc) is 2.49. The third-order valence-corrected chi connectivity index (χ3v) is 3.75. The summed E-state index contributed by atoms with van der Waals surface area (Å²) in [5.74, 6) is 0.791. The monoisotopic (exact) mass is 297 g/mol. The number of carbonyl (C=O) groups excluding carboxylic acids is 1. The maximum Gasteiger partial charge on any atom is 0.251 e. The van der Waals surface area contributed by atoms with Crippen LogP contribution < -0.4 is 10.1 Å². The van der Waals surface area contributed by atoms with Crippen LogP contribution in [-0.4, -0.2) is 12.5 Å². The number of carbonyl (C=O) groups is 1. The molecule has 0 aliphatic heterocycles. The van der Waals surface area contributed by atoms with E-state index in [1.165, 1.54) is 5.56 Å². The molecule has 0 radical (unpaired) electrons. The first kappa shape index (κ1) is 16.1. The van der Waals surface area contributed by atoms with Crippen LogP contribution in [0.1, 0.15) is 39.5 Å². The first-order chi connectivity index (χ1) is 10.5. The Bertz CT molecular complexity index is 677. The second-order valence-electron chi connectivity index (χ2n) is 5.51. The molecule has 1 N–H and O–H groups in total. The van der Waals surface area contributed by atoms with Gasteiger partial charge in [0.05, 0.1) is 6.61 Å². The zero-order valence-corrected chi connectivity index (χ0v) is 13.7. The molecule has 0 aromatic heterocycles. The quantitative estimate of drug-likeness (QED) is 0.907. The summed E-state index contributed by atoms with van der Waals surface area (Å²) in [6, 6.07) is 11.8. The summed E-state index contributed by atoms with van der Waals surface area (Å²) in [4.78, 5) is 12.4. The van der Waals surface area contributed by atoms with Crippen molar-refractivity contribution in [2.24, 2.45) is 0 Å². The largest absolute Gasteiger partial charge is 0.494 e. The minimum absolute atomic E-state index is 0.0394. The Hall–Kier alpha value is -2.29. The molecular formula is C19H23NO2. The third-order valence-electron chi connectivity index (χ3n) is 3.75. The summed E-state index contributed by atoms with van der Waals surface area (Å²) >= 11 is 0. The van der Waals surface area contributed by atoms with Gasteiger partial charge in [0.15, 0.2) is 0 Å². The van der Waals surface area contributed by atoms with E-state index in [2.05, 4.69) is 18.3 Å². The van der Waals surface area contributed by atoms with Crippen LogP contribution in [0.2, 0.25) is 0 Å². The van der Waals surface area contributed by atoms with Gasteiger partial charge in [-0.1, -0.05) is 18.2 Å². The highest BCUT2D eigenvalue weighted by atomic mass is 16.5. The number of hydrogen-bond donors (Lipinski definition) is 1. The molecule has 0 atom stereocenters. The van der Waals surface area contributed by atoms with Crippen molar-refractivity contribution < 1.29 is 9.53 Å². The predicted molar refractivity (Wildman–Crippen MR) is 89.4 cm³/mol.